The molecule has 19 heavy (non-hydrogen) atoms. The maximum atomic E-state index is 5.29. The Morgan fingerprint density at radius 3 is 3.00 bits per heavy atom. The first-order valence-corrected chi connectivity index (χ1v) is 6.01. The van der Waals surface area contributed by atoms with Crippen LogP contribution in [-0.4, -0.2) is 14.8 Å². The van der Waals surface area contributed by atoms with E-state index >= 15 is 0 Å². The monoisotopic (exact) mass is 254 g/mol. The van der Waals surface area contributed by atoms with Gasteiger partial charge in [0.05, 0.1) is 12.4 Å². The molecule has 2 aromatic heterocycles. The van der Waals surface area contributed by atoms with Crippen LogP contribution in [0.3, 0.4) is 0 Å². The zero-order chi connectivity index (χ0) is 13.1. The van der Waals surface area contributed by atoms with Crippen LogP contribution in [0, 0.1) is 0 Å². The number of hydrogen-bond acceptors (Lipinski definition) is 4. The fourth-order valence-electron chi connectivity index (χ4n) is 1.91. The smallest absolute Gasteiger partial charge is 0.181 e. The van der Waals surface area contributed by atoms with E-state index in [4.69, 9.17) is 4.42 Å². The summed E-state index contributed by atoms with van der Waals surface area (Å²) in [7, 11) is 1.91. The molecule has 0 radical (unpaired) electrons. The Balaban J connectivity index is 1.73. The molecule has 0 atom stereocenters. The molecule has 5 heteroatoms. The van der Waals surface area contributed by atoms with Crippen molar-refractivity contribution in [3.63, 3.8) is 0 Å². The number of aromatic nitrogens is 3. The van der Waals surface area contributed by atoms with Crippen molar-refractivity contribution in [1.82, 2.24) is 14.8 Å². The van der Waals surface area contributed by atoms with Crippen molar-refractivity contribution in [3.8, 4) is 11.3 Å². The molecule has 0 fully saturated rings. The molecule has 0 aliphatic carbocycles. The average molecular weight is 254 g/mol. The first-order valence-electron chi connectivity index (χ1n) is 6.01. The van der Waals surface area contributed by atoms with Gasteiger partial charge in [-0.3, -0.25) is 4.68 Å². The number of nitrogens with one attached hydrogen (secondary N) is 1. The topological polar surface area (TPSA) is 55.9 Å². The second kappa shape index (κ2) is 4.97. The zero-order valence-corrected chi connectivity index (χ0v) is 10.6. The van der Waals surface area contributed by atoms with Gasteiger partial charge in [0, 0.05) is 36.6 Å². The standard InChI is InChI=1S/C14H14N4O/c1-18-9-11(7-17-18)6-16-13-4-2-3-12(5-13)14-8-15-10-19-14/h2-5,7-10,16H,6H2,1H3. The fraction of sp³-hybridized carbons (Fsp3) is 0.143. The van der Waals surface area contributed by atoms with E-state index in [-0.39, 0.29) is 0 Å². The van der Waals surface area contributed by atoms with Crippen LogP contribution in [0.5, 0.6) is 0 Å². The molecule has 0 unspecified atom stereocenters. The number of nitrogens with zero attached hydrogens (tertiary/aromatic N) is 3. The van der Waals surface area contributed by atoms with Gasteiger partial charge in [-0.15, -0.1) is 0 Å². The summed E-state index contributed by atoms with van der Waals surface area (Å²) >= 11 is 0. The van der Waals surface area contributed by atoms with Crippen molar-refractivity contribution >= 4 is 5.69 Å². The lowest BCUT2D eigenvalue weighted by Gasteiger charge is -2.06. The fourth-order valence-corrected chi connectivity index (χ4v) is 1.91. The largest absolute Gasteiger partial charge is 0.444 e. The van der Waals surface area contributed by atoms with Gasteiger partial charge in [-0.2, -0.15) is 5.10 Å². The van der Waals surface area contributed by atoms with Gasteiger partial charge >= 0.3 is 0 Å². The Hall–Kier alpha value is -2.56. The highest BCUT2D eigenvalue weighted by atomic mass is 16.3. The summed E-state index contributed by atoms with van der Waals surface area (Å²) in [4.78, 5) is 3.93. The summed E-state index contributed by atoms with van der Waals surface area (Å²) in [6, 6.07) is 8.05. The normalized spacial score (nSPS) is 10.6. The van der Waals surface area contributed by atoms with E-state index in [1.165, 1.54) is 6.39 Å². The predicted molar refractivity (Wildman–Crippen MR) is 72.5 cm³/mol. The predicted octanol–water partition coefficient (Wildman–Crippen LogP) is 2.69. The third-order valence-corrected chi connectivity index (χ3v) is 2.83. The molecule has 0 amide bonds. The van der Waals surface area contributed by atoms with Crippen molar-refractivity contribution < 1.29 is 4.42 Å². The van der Waals surface area contributed by atoms with Crippen molar-refractivity contribution in [3.05, 3.63) is 54.8 Å². The van der Waals surface area contributed by atoms with Crippen molar-refractivity contribution in [2.75, 3.05) is 5.32 Å². The molecule has 0 spiro atoms. The minimum atomic E-state index is 0.744. The maximum Gasteiger partial charge on any atom is 0.181 e. The molecule has 0 aliphatic heterocycles. The van der Waals surface area contributed by atoms with Gasteiger partial charge in [-0.25, -0.2) is 4.98 Å². The highest BCUT2D eigenvalue weighted by Crippen LogP contribution is 2.22. The second-order valence-electron chi connectivity index (χ2n) is 4.32. The molecule has 3 rings (SSSR count). The molecule has 3 aromatic rings. The maximum absolute atomic E-state index is 5.29. The van der Waals surface area contributed by atoms with Crippen LogP contribution in [0.25, 0.3) is 11.3 Å². The number of hydrogen-bond donors (Lipinski definition) is 1. The second-order valence-corrected chi connectivity index (χ2v) is 4.32. The van der Waals surface area contributed by atoms with E-state index in [2.05, 4.69) is 15.4 Å². The molecular formula is C14H14N4O. The van der Waals surface area contributed by atoms with Gasteiger partial charge in [-0.05, 0) is 12.1 Å². The van der Waals surface area contributed by atoms with Crippen LogP contribution in [0.15, 0.2) is 53.7 Å². The van der Waals surface area contributed by atoms with Crippen molar-refractivity contribution in [2.24, 2.45) is 7.05 Å². The minimum absolute atomic E-state index is 0.744. The Labute approximate surface area is 110 Å². The molecule has 96 valence electrons. The zero-order valence-electron chi connectivity index (χ0n) is 10.6. The lowest BCUT2D eigenvalue weighted by atomic mass is 10.1. The van der Waals surface area contributed by atoms with Gasteiger partial charge < -0.3 is 9.73 Å². The number of rotatable bonds is 4. The highest BCUT2D eigenvalue weighted by molar-refractivity contribution is 5.63. The number of aryl methyl sites for hydroxylation is 1. The average Bonchev–Trinajstić information content (AvgIpc) is 3.08. The number of oxazole rings is 1. The summed E-state index contributed by atoms with van der Waals surface area (Å²) in [6.45, 7) is 0.744. The van der Waals surface area contributed by atoms with Gasteiger partial charge in [0.25, 0.3) is 0 Å². The SMILES string of the molecule is Cn1cc(CNc2cccc(-c3cnco3)c2)cn1. The number of benzene rings is 1. The molecule has 0 aliphatic rings. The molecular weight excluding hydrogens is 240 g/mol. The van der Waals surface area contributed by atoms with E-state index in [1.807, 2.05) is 43.7 Å². The third-order valence-electron chi connectivity index (χ3n) is 2.83. The Bertz CT molecular complexity index is 658. The van der Waals surface area contributed by atoms with E-state index in [0.717, 1.165) is 29.1 Å². The minimum Gasteiger partial charge on any atom is -0.444 e. The lowest BCUT2D eigenvalue weighted by Crippen LogP contribution is -1.98. The molecule has 1 N–H and O–H groups in total. The Morgan fingerprint density at radius 2 is 2.26 bits per heavy atom. The van der Waals surface area contributed by atoms with Crippen molar-refractivity contribution in [2.45, 2.75) is 6.54 Å². The van der Waals surface area contributed by atoms with Crippen LogP contribution < -0.4 is 5.32 Å². The van der Waals surface area contributed by atoms with Crippen LogP contribution in [0.4, 0.5) is 5.69 Å². The molecule has 5 nitrogen and oxygen atoms in total. The molecule has 0 bridgehead atoms. The number of anilines is 1. The van der Waals surface area contributed by atoms with Crippen LogP contribution in [0.1, 0.15) is 5.56 Å². The molecule has 1 aromatic carbocycles. The Kier molecular flexibility index (Phi) is 3.02. The molecule has 0 saturated carbocycles. The Morgan fingerprint density at radius 1 is 1.32 bits per heavy atom. The van der Waals surface area contributed by atoms with E-state index in [9.17, 15) is 0 Å². The summed E-state index contributed by atoms with van der Waals surface area (Å²) in [5, 5.41) is 7.50. The summed E-state index contributed by atoms with van der Waals surface area (Å²) in [6.07, 6.45) is 6.99. The summed E-state index contributed by atoms with van der Waals surface area (Å²) < 4.78 is 7.08. The van der Waals surface area contributed by atoms with Crippen molar-refractivity contribution in [1.29, 1.82) is 0 Å². The summed E-state index contributed by atoms with van der Waals surface area (Å²) in [5.41, 5.74) is 3.19. The van der Waals surface area contributed by atoms with E-state index in [1.54, 1.807) is 10.9 Å². The van der Waals surface area contributed by atoms with Gasteiger partial charge in [0.1, 0.15) is 0 Å². The van der Waals surface area contributed by atoms with E-state index in [0.29, 0.717) is 0 Å². The summed E-state index contributed by atoms with van der Waals surface area (Å²) in [5.74, 6) is 0.769. The van der Waals surface area contributed by atoms with Crippen LogP contribution in [-0.2, 0) is 13.6 Å². The first-order chi connectivity index (χ1) is 9.31. The quantitative estimate of drug-likeness (QED) is 0.777. The van der Waals surface area contributed by atoms with Crippen LogP contribution >= 0.6 is 0 Å². The van der Waals surface area contributed by atoms with Gasteiger partial charge in [0.2, 0.25) is 0 Å². The lowest BCUT2D eigenvalue weighted by molar-refractivity contribution is 0.572. The van der Waals surface area contributed by atoms with Gasteiger partial charge in [0.15, 0.2) is 12.2 Å². The molecule has 0 saturated heterocycles. The first kappa shape index (κ1) is 11.5. The van der Waals surface area contributed by atoms with E-state index < -0.39 is 0 Å². The highest BCUT2D eigenvalue weighted by Gasteiger charge is 2.02. The third kappa shape index (κ3) is 2.65. The van der Waals surface area contributed by atoms with Crippen LogP contribution in [0.2, 0.25) is 0 Å². The molecule has 2 heterocycles. The van der Waals surface area contributed by atoms with Gasteiger partial charge in [-0.1, -0.05) is 12.1 Å².